The first-order valence-electron chi connectivity index (χ1n) is 8.75. The molecule has 27 heavy (non-hydrogen) atoms. The second-order valence-electron chi connectivity index (χ2n) is 5.98. The number of benzene rings is 2. The van der Waals surface area contributed by atoms with E-state index in [1.807, 2.05) is 30.3 Å². The largest absolute Gasteiger partial charge is 0.495 e. The van der Waals surface area contributed by atoms with E-state index < -0.39 is 0 Å². The molecule has 0 spiro atoms. The lowest BCUT2D eigenvalue weighted by molar-refractivity contribution is 0.102. The number of nitrogens with zero attached hydrogens (tertiary/aromatic N) is 2. The topological polar surface area (TPSA) is 76.1 Å². The maximum absolute atomic E-state index is 12.7. The Hall–Kier alpha value is -3.41. The van der Waals surface area contributed by atoms with Gasteiger partial charge in [-0.1, -0.05) is 37.3 Å². The van der Waals surface area contributed by atoms with E-state index in [0.29, 0.717) is 23.1 Å². The number of anilines is 3. The molecule has 6 heteroatoms. The highest BCUT2D eigenvalue weighted by Gasteiger charge is 2.13. The SMILES string of the molecule is CCc1ccccc1Nc1cc(C(=O)Nc2ccccc2OC)nc(C)n1. The first kappa shape index (κ1) is 18.4. The van der Waals surface area contributed by atoms with Crippen LogP contribution < -0.4 is 15.4 Å². The van der Waals surface area contributed by atoms with Gasteiger partial charge in [0.2, 0.25) is 0 Å². The molecule has 1 aromatic heterocycles. The zero-order chi connectivity index (χ0) is 19.2. The molecule has 0 unspecified atom stereocenters. The number of carbonyl (C=O) groups is 1. The van der Waals surface area contributed by atoms with Crippen molar-refractivity contribution in [2.24, 2.45) is 0 Å². The molecule has 3 rings (SSSR count). The second kappa shape index (κ2) is 8.31. The zero-order valence-corrected chi connectivity index (χ0v) is 15.6. The lowest BCUT2D eigenvalue weighted by Gasteiger charge is -2.12. The van der Waals surface area contributed by atoms with Crippen LogP contribution in [0.4, 0.5) is 17.2 Å². The Morgan fingerprint density at radius 3 is 2.48 bits per heavy atom. The summed E-state index contributed by atoms with van der Waals surface area (Å²) in [6, 6.07) is 16.9. The normalized spacial score (nSPS) is 10.3. The molecule has 0 atom stereocenters. The Morgan fingerprint density at radius 1 is 1.04 bits per heavy atom. The summed E-state index contributed by atoms with van der Waals surface area (Å²) in [5, 5.41) is 6.13. The third kappa shape index (κ3) is 4.41. The maximum Gasteiger partial charge on any atom is 0.274 e. The summed E-state index contributed by atoms with van der Waals surface area (Å²) in [5.74, 6) is 1.36. The standard InChI is InChI=1S/C21H22N4O2/c1-4-15-9-5-6-10-16(15)24-20-13-18(22-14(2)23-20)21(26)25-17-11-7-8-12-19(17)27-3/h5-13H,4H2,1-3H3,(H,25,26)(H,22,23,24). The minimum Gasteiger partial charge on any atom is -0.495 e. The predicted octanol–water partition coefficient (Wildman–Crippen LogP) is 4.35. The van der Waals surface area contributed by atoms with Gasteiger partial charge in [0.05, 0.1) is 12.8 Å². The highest BCUT2D eigenvalue weighted by Crippen LogP contribution is 2.24. The highest BCUT2D eigenvalue weighted by atomic mass is 16.5. The molecule has 0 radical (unpaired) electrons. The van der Waals surface area contributed by atoms with Gasteiger partial charge in [0, 0.05) is 11.8 Å². The van der Waals surface area contributed by atoms with Crippen LogP contribution in [-0.2, 0) is 6.42 Å². The third-order valence-corrected chi connectivity index (χ3v) is 4.09. The van der Waals surface area contributed by atoms with E-state index in [2.05, 4.69) is 33.6 Å². The van der Waals surface area contributed by atoms with Crippen LogP contribution in [0.3, 0.4) is 0 Å². The fraction of sp³-hybridized carbons (Fsp3) is 0.190. The molecule has 0 saturated carbocycles. The molecule has 0 fully saturated rings. The predicted molar refractivity (Wildman–Crippen MR) is 107 cm³/mol. The highest BCUT2D eigenvalue weighted by molar-refractivity contribution is 6.04. The Balaban J connectivity index is 1.85. The van der Waals surface area contributed by atoms with E-state index in [0.717, 1.165) is 12.1 Å². The van der Waals surface area contributed by atoms with Gasteiger partial charge in [-0.2, -0.15) is 0 Å². The minimum absolute atomic E-state index is 0.282. The van der Waals surface area contributed by atoms with Gasteiger partial charge in [0.1, 0.15) is 23.1 Å². The molecule has 1 amide bonds. The molecule has 1 heterocycles. The monoisotopic (exact) mass is 362 g/mol. The number of nitrogens with one attached hydrogen (secondary N) is 2. The van der Waals surface area contributed by atoms with Crippen LogP contribution in [0.1, 0.15) is 28.8 Å². The summed E-state index contributed by atoms with van der Waals surface area (Å²) >= 11 is 0. The van der Waals surface area contributed by atoms with E-state index in [1.54, 1.807) is 32.2 Å². The number of rotatable bonds is 6. The smallest absolute Gasteiger partial charge is 0.274 e. The number of ether oxygens (including phenoxy) is 1. The van der Waals surface area contributed by atoms with Crippen LogP contribution in [0.15, 0.2) is 54.6 Å². The minimum atomic E-state index is -0.322. The summed E-state index contributed by atoms with van der Waals surface area (Å²) in [5.41, 5.74) is 3.01. The number of hydrogen-bond acceptors (Lipinski definition) is 5. The Labute approximate surface area is 158 Å². The summed E-state index contributed by atoms with van der Waals surface area (Å²) in [4.78, 5) is 21.3. The van der Waals surface area contributed by atoms with Crippen molar-refractivity contribution in [3.05, 3.63) is 71.7 Å². The van der Waals surface area contributed by atoms with Gasteiger partial charge < -0.3 is 15.4 Å². The van der Waals surface area contributed by atoms with Crippen molar-refractivity contribution in [1.82, 2.24) is 9.97 Å². The molecule has 2 aromatic carbocycles. The average Bonchev–Trinajstić information content (AvgIpc) is 2.68. The van der Waals surface area contributed by atoms with Crippen molar-refractivity contribution in [3.63, 3.8) is 0 Å². The molecule has 0 bridgehead atoms. The van der Waals surface area contributed by atoms with Crippen molar-refractivity contribution in [3.8, 4) is 5.75 Å². The lowest BCUT2D eigenvalue weighted by Crippen LogP contribution is -2.16. The number of carbonyl (C=O) groups excluding carboxylic acids is 1. The average molecular weight is 362 g/mol. The van der Waals surface area contributed by atoms with Crippen molar-refractivity contribution in [1.29, 1.82) is 0 Å². The van der Waals surface area contributed by atoms with Gasteiger partial charge in [-0.15, -0.1) is 0 Å². The molecular weight excluding hydrogens is 340 g/mol. The van der Waals surface area contributed by atoms with E-state index in [4.69, 9.17) is 4.74 Å². The summed E-state index contributed by atoms with van der Waals surface area (Å²) in [7, 11) is 1.56. The van der Waals surface area contributed by atoms with Crippen LogP contribution in [0, 0.1) is 6.92 Å². The van der Waals surface area contributed by atoms with Crippen LogP contribution in [0.25, 0.3) is 0 Å². The Morgan fingerprint density at radius 2 is 1.74 bits per heavy atom. The van der Waals surface area contributed by atoms with Crippen molar-refractivity contribution in [2.75, 3.05) is 17.7 Å². The van der Waals surface area contributed by atoms with Crippen molar-refractivity contribution < 1.29 is 9.53 Å². The van der Waals surface area contributed by atoms with E-state index in [1.165, 1.54) is 5.56 Å². The van der Waals surface area contributed by atoms with Gasteiger partial charge in [-0.3, -0.25) is 4.79 Å². The van der Waals surface area contributed by atoms with E-state index in [-0.39, 0.29) is 11.6 Å². The Kier molecular flexibility index (Phi) is 5.66. The van der Waals surface area contributed by atoms with E-state index >= 15 is 0 Å². The number of aryl methyl sites for hydroxylation is 2. The molecule has 3 aromatic rings. The fourth-order valence-electron chi connectivity index (χ4n) is 2.77. The number of para-hydroxylation sites is 3. The third-order valence-electron chi connectivity index (χ3n) is 4.09. The summed E-state index contributed by atoms with van der Waals surface area (Å²) in [6.45, 7) is 3.86. The van der Waals surface area contributed by atoms with Crippen LogP contribution >= 0.6 is 0 Å². The summed E-state index contributed by atoms with van der Waals surface area (Å²) in [6.07, 6.45) is 0.897. The summed E-state index contributed by atoms with van der Waals surface area (Å²) < 4.78 is 5.27. The van der Waals surface area contributed by atoms with Crippen LogP contribution in [-0.4, -0.2) is 23.0 Å². The maximum atomic E-state index is 12.7. The number of aromatic nitrogens is 2. The second-order valence-corrected chi connectivity index (χ2v) is 5.98. The molecule has 0 saturated heterocycles. The molecule has 0 aliphatic carbocycles. The van der Waals surface area contributed by atoms with E-state index in [9.17, 15) is 4.79 Å². The quantitative estimate of drug-likeness (QED) is 0.682. The van der Waals surface area contributed by atoms with Gasteiger partial charge in [-0.25, -0.2) is 9.97 Å². The molecule has 0 aliphatic rings. The lowest BCUT2D eigenvalue weighted by atomic mass is 10.1. The van der Waals surface area contributed by atoms with Gasteiger partial charge >= 0.3 is 0 Å². The molecule has 2 N–H and O–H groups in total. The fourth-order valence-corrected chi connectivity index (χ4v) is 2.77. The molecule has 6 nitrogen and oxygen atoms in total. The van der Waals surface area contributed by atoms with Crippen LogP contribution in [0.5, 0.6) is 5.75 Å². The zero-order valence-electron chi connectivity index (χ0n) is 15.6. The molecular formula is C21H22N4O2. The van der Waals surface area contributed by atoms with Crippen molar-refractivity contribution in [2.45, 2.75) is 20.3 Å². The number of hydrogen-bond donors (Lipinski definition) is 2. The van der Waals surface area contributed by atoms with Gasteiger partial charge in [-0.05, 0) is 37.1 Å². The number of amides is 1. The van der Waals surface area contributed by atoms with Crippen LogP contribution in [0.2, 0.25) is 0 Å². The van der Waals surface area contributed by atoms with Crippen molar-refractivity contribution >= 4 is 23.1 Å². The molecule has 138 valence electrons. The first-order chi connectivity index (χ1) is 13.1. The Bertz CT molecular complexity index is 956. The van der Waals surface area contributed by atoms with Gasteiger partial charge in [0.15, 0.2) is 0 Å². The number of methoxy groups -OCH3 is 1. The molecule has 0 aliphatic heterocycles. The first-order valence-corrected chi connectivity index (χ1v) is 8.75. The van der Waals surface area contributed by atoms with Gasteiger partial charge in [0.25, 0.3) is 5.91 Å².